The fraction of sp³-hybridized carbons (Fsp3) is 0.458. The minimum absolute atomic E-state index is 0.0195. The van der Waals surface area contributed by atoms with E-state index >= 15 is 0 Å². The van der Waals surface area contributed by atoms with Crippen LogP contribution in [-0.4, -0.2) is 86.5 Å². The summed E-state index contributed by atoms with van der Waals surface area (Å²) in [6.07, 6.45) is 6.50. The number of aromatic nitrogens is 5. The Morgan fingerprint density at radius 1 is 0.971 bits per heavy atom. The predicted octanol–water partition coefficient (Wildman–Crippen LogP) is 1.35. The van der Waals surface area contributed by atoms with Crippen molar-refractivity contribution in [2.24, 2.45) is 5.92 Å². The number of ether oxygens (including phenoxy) is 2. The van der Waals surface area contributed by atoms with E-state index in [0.29, 0.717) is 19.2 Å². The first-order chi connectivity index (χ1) is 17.2. The van der Waals surface area contributed by atoms with Gasteiger partial charge in [0.25, 0.3) is 0 Å². The molecule has 0 aliphatic carbocycles. The Balaban J connectivity index is 1.04. The molecule has 2 fully saturated rings. The van der Waals surface area contributed by atoms with Crippen LogP contribution < -0.4 is 14.4 Å². The molecule has 1 amide bonds. The number of anilines is 1. The van der Waals surface area contributed by atoms with E-state index in [1.165, 1.54) is 18.2 Å². The molecule has 5 heterocycles. The fourth-order valence-corrected chi connectivity index (χ4v) is 5.03. The molecule has 3 aliphatic heterocycles. The first kappa shape index (κ1) is 21.8. The molecule has 3 aliphatic rings. The molecule has 2 aromatic heterocycles. The van der Waals surface area contributed by atoms with Gasteiger partial charge in [-0.1, -0.05) is 6.07 Å². The standard InChI is InChI=1S/C24H28N8O3/c33-24(30-8-6-29(7-9-30)12-18-3-4-20-21(10-18)35-17-34-20)19-2-1-5-31(13-19)22-11-23(27-15-26-22)32-16-25-14-28-32/h3-4,10-11,14-16,19H,1-2,5-9,12-13,17H2. The minimum atomic E-state index is -0.0195. The van der Waals surface area contributed by atoms with Crippen molar-refractivity contribution in [2.45, 2.75) is 19.4 Å². The van der Waals surface area contributed by atoms with Gasteiger partial charge in [0.1, 0.15) is 24.8 Å². The van der Waals surface area contributed by atoms with E-state index in [0.717, 1.165) is 69.4 Å². The van der Waals surface area contributed by atoms with E-state index in [1.807, 2.05) is 17.0 Å². The van der Waals surface area contributed by atoms with Crippen LogP contribution >= 0.6 is 0 Å². The molecule has 0 N–H and O–H groups in total. The third-order valence-electron chi connectivity index (χ3n) is 6.91. The smallest absolute Gasteiger partial charge is 0.231 e. The van der Waals surface area contributed by atoms with E-state index in [-0.39, 0.29) is 11.8 Å². The van der Waals surface area contributed by atoms with E-state index in [2.05, 4.69) is 42.0 Å². The highest BCUT2D eigenvalue weighted by Gasteiger charge is 2.31. The molecule has 0 radical (unpaired) electrons. The molecule has 0 saturated carbocycles. The normalized spacial score (nSPS) is 20.3. The number of fused-ring (bicyclic) bond motifs is 1. The molecule has 1 unspecified atom stereocenters. The number of nitrogens with zero attached hydrogens (tertiary/aromatic N) is 8. The number of carbonyl (C=O) groups is 1. The van der Waals surface area contributed by atoms with Gasteiger partial charge in [-0.15, -0.1) is 0 Å². The monoisotopic (exact) mass is 476 g/mol. The second-order valence-corrected chi connectivity index (χ2v) is 9.15. The molecule has 1 aromatic carbocycles. The lowest BCUT2D eigenvalue weighted by Gasteiger charge is -2.39. The van der Waals surface area contributed by atoms with Gasteiger partial charge in [-0.05, 0) is 30.5 Å². The Hall–Kier alpha value is -3.73. The molecule has 2 saturated heterocycles. The maximum absolute atomic E-state index is 13.4. The number of hydrogen-bond donors (Lipinski definition) is 0. The van der Waals surface area contributed by atoms with Gasteiger partial charge in [0, 0.05) is 51.9 Å². The second kappa shape index (κ2) is 9.49. The van der Waals surface area contributed by atoms with Crippen molar-refractivity contribution in [3.8, 4) is 17.3 Å². The molecule has 0 spiro atoms. The summed E-state index contributed by atoms with van der Waals surface area (Å²) in [4.78, 5) is 32.7. The maximum Gasteiger partial charge on any atom is 0.231 e. The highest BCUT2D eigenvalue weighted by atomic mass is 16.7. The maximum atomic E-state index is 13.4. The second-order valence-electron chi connectivity index (χ2n) is 9.15. The van der Waals surface area contributed by atoms with Crippen molar-refractivity contribution in [2.75, 3.05) is 51.0 Å². The highest BCUT2D eigenvalue weighted by Crippen LogP contribution is 2.33. The zero-order chi connectivity index (χ0) is 23.6. The van der Waals surface area contributed by atoms with Crippen LogP contribution in [-0.2, 0) is 11.3 Å². The van der Waals surface area contributed by atoms with Gasteiger partial charge < -0.3 is 19.3 Å². The number of piperidine rings is 1. The van der Waals surface area contributed by atoms with Gasteiger partial charge >= 0.3 is 0 Å². The van der Waals surface area contributed by atoms with Crippen molar-refractivity contribution >= 4 is 11.7 Å². The largest absolute Gasteiger partial charge is 0.454 e. The van der Waals surface area contributed by atoms with E-state index in [4.69, 9.17) is 9.47 Å². The van der Waals surface area contributed by atoms with E-state index in [1.54, 1.807) is 11.0 Å². The van der Waals surface area contributed by atoms with Gasteiger partial charge in [-0.3, -0.25) is 9.69 Å². The summed E-state index contributed by atoms with van der Waals surface area (Å²) < 4.78 is 12.5. The molecule has 11 heteroatoms. The number of rotatable bonds is 5. The van der Waals surface area contributed by atoms with Crippen LogP contribution in [0.15, 0.2) is 43.2 Å². The third-order valence-corrected chi connectivity index (χ3v) is 6.91. The van der Waals surface area contributed by atoms with Crippen molar-refractivity contribution in [3.05, 3.63) is 48.8 Å². The number of carbonyl (C=O) groups excluding carboxylic acids is 1. The van der Waals surface area contributed by atoms with Crippen molar-refractivity contribution in [3.63, 3.8) is 0 Å². The summed E-state index contributed by atoms with van der Waals surface area (Å²) in [5.41, 5.74) is 1.20. The van der Waals surface area contributed by atoms with E-state index in [9.17, 15) is 4.79 Å². The summed E-state index contributed by atoms with van der Waals surface area (Å²) in [6, 6.07) is 8.01. The van der Waals surface area contributed by atoms with Crippen LogP contribution in [0.25, 0.3) is 5.82 Å². The van der Waals surface area contributed by atoms with Crippen LogP contribution in [0.5, 0.6) is 11.5 Å². The highest BCUT2D eigenvalue weighted by molar-refractivity contribution is 5.80. The van der Waals surface area contributed by atoms with Gasteiger partial charge in [-0.2, -0.15) is 5.10 Å². The Morgan fingerprint density at radius 3 is 2.69 bits per heavy atom. The van der Waals surface area contributed by atoms with Gasteiger partial charge in [0.2, 0.25) is 12.7 Å². The molecule has 3 aromatic rings. The zero-order valence-electron chi connectivity index (χ0n) is 19.5. The first-order valence-electron chi connectivity index (χ1n) is 12.0. The summed E-state index contributed by atoms with van der Waals surface area (Å²) in [5, 5.41) is 4.14. The lowest BCUT2D eigenvalue weighted by Crippen LogP contribution is -2.52. The molecular weight excluding hydrogens is 448 g/mol. The number of hydrogen-bond acceptors (Lipinski definition) is 9. The van der Waals surface area contributed by atoms with Gasteiger partial charge in [-0.25, -0.2) is 19.6 Å². The summed E-state index contributed by atoms with van der Waals surface area (Å²) in [5.74, 6) is 3.34. The first-order valence-corrected chi connectivity index (χ1v) is 12.0. The Labute approximate surface area is 203 Å². The van der Waals surface area contributed by atoms with Crippen molar-refractivity contribution in [1.29, 1.82) is 0 Å². The number of amides is 1. The SMILES string of the molecule is O=C(C1CCCN(c2cc(-n3cncn3)ncn2)C1)N1CCN(Cc2ccc3c(c2)OCO3)CC1. The third kappa shape index (κ3) is 4.63. The topological polar surface area (TPSA) is 102 Å². The van der Waals surface area contributed by atoms with Crippen LogP contribution in [0.3, 0.4) is 0 Å². The Bertz CT molecular complexity index is 1180. The van der Waals surface area contributed by atoms with Crippen LogP contribution in [0.1, 0.15) is 18.4 Å². The Kier molecular flexibility index (Phi) is 5.91. The summed E-state index contributed by atoms with van der Waals surface area (Å²) >= 11 is 0. The lowest BCUT2D eigenvalue weighted by molar-refractivity contribution is -0.137. The average Bonchev–Trinajstić information content (AvgIpc) is 3.61. The molecule has 35 heavy (non-hydrogen) atoms. The molecule has 11 nitrogen and oxygen atoms in total. The Morgan fingerprint density at radius 2 is 1.83 bits per heavy atom. The van der Waals surface area contributed by atoms with Gasteiger partial charge in [0.05, 0.1) is 5.92 Å². The zero-order valence-corrected chi connectivity index (χ0v) is 19.5. The molecule has 182 valence electrons. The van der Waals surface area contributed by atoms with Crippen LogP contribution in [0.2, 0.25) is 0 Å². The van der Waals surface area contributed by atoms with Crippen molar-refractivity contribution in [1.82, 2.24) is 34.5 Å². The molecule has 0 bridgehead atoms. The van der Waals surface area contributed by atoms with Crippen LogP contribution in [0.4, 0.5) is 5.82 Å². The predicted molar refractivity (Wildman–Crippen MR) is 126 cm³/mol. The lowest BCUT2D eigenvalue weighted by atomic mass is 9.96. The van der Waals surface area contributed by atoms with E-state index < -0.39 is 0 Å². The van der Waals surface area contributed by atoms with Crippen molar-refractivity contribution < 1.29 is 14.3 Å². The molecule has 1 atom stereocenters. The van der Waals surface area contributed by atoms with Crippen LogP contribution in [0, 0.1) is 5.92 Å². The summed E-state index contributed by atoms with van der Waals surface area (Å²) in [6.45, 7) is 5.92. The number of benzene rings is 1. The summed E-state index contributed by atoms with van der Waals surface area (Å²) in [7, 11) is 0. The van der Waals surface area contributed by atoms with Gasteiger partial charge in [0.15, 0.2) is 17.3 Å². The fourth-order valence-electron chi connectivity index (χ4n) is 5.03. The average molecular weight is 477 g/mol. The molecular formula is C24H28N8O3. The quantitative estimate of drug-likeness (QED) is 0.540. The molecule has 6 rings (SSSR count). The minimum Gasteiger partial charge on any atom is -0.454 e. The number of piperazine rings is 1.